The zero-order chi connectivity index (χ0) is 28.9. The van der Waals surface area contributed by atoms with Crippen LogP contribution in [0.1, 0.15) is 22.5 Å². The Kier molecular flexibility index (Phi) is 7.15. The Balaban J connectivity index is 1.51. The molecule has 0 spiro atoms. The SMILES string of the molecule is C=C(c1cc(-c2ccccc2)cc(-c2ccccc2)c1)c1nc(-c2ccc(C#N)cc2)nc(-c2ccc(C#N)cc2)n1. The van der Waals surface area contributed by atoms with E-state index in [1.165, 1.54) is 0 Å². The molecule has 6 rings (SSSR count). The van der Waals surface area contributed by atoms with E-state index < -0.39 is 0 Å². The van der Waals surface area contributed by atoms with E-state index in [2.05, 4.69) is 61.2 Å². The van der Waals surface area contributed by atoms with Crippen molar-refractivity contribution in [1.82, 2.24) is 15.0 Å². The summed E-state index contributed by atoms with van der Waals surface area (Å²) in [6.45, 7) is 4.45. The van der Waals surface area contributed by atoms with Crippen molar-refractivity contribution < 1.29 is 0 Å². The van der Waals surface area contributed by atoms with E-state index in [1.54, 1.807) is 24.3 Å². The molecule has 0 fully saturated rings. The number of hydrogen-bond acceptors (Lipinski definition) is 5. The number of nitriles is 2. The number of aromatic nitrogens is 3. The molecule has 0 atom stereocenters. The average Bonchev–Trinajstić information content (AvgIpc) is 3.08. The molecule has 1 aromatic heterocycles. The first-order valence-electron chi connectivity index (χ1n) is 13.3. The Hall–Kier alpha value is -6.17. The highest BCUT2D eigenvalue weighted by atomic mass is 15.0. The van der Waals surface area contributed by atoms with Gasteiger partial charge in [0.2, 0.25) is 0 Å². The molecule has 0 amide bonds. The summed E-state index contributed by atoms with van der Waals surface area (Å²) in [6, 6.07) is 45.4. The minimum Gasteiger partial charge on any atom is -0.208 e. The van der Waals surface area contributed by atoms with Crippen LogP contribution in [0.2, 0.25) is 0 Å². The second-order valence-corrected chi connectivity index (χ2v) is 9.69. The van der Waals surface area contributed by atoms with Crippen molar-refractivity contribution in [3.05, 3.63) is 156 Å². The van der Waals surface area contributed by atoms with E-state index >= 15 is 0 Å². The maximum Gasteiger partial charge on any atom is 0.164 e. The molecule has 0 saturated carbocycles. The third-order valence-corrected chi connectivity index (χ3v) is 6.95. The molecule has 0 N–H and O–H groups in total. The van der Waals surface area contributed by atoms with Crippen LogP contribution < -0.4 is 0 Å². The highest BCUT2D eigenvalue weighted by Gasteiger charge is 2.16. The average molecular weight is 538 g/mol. The third kappa shape index (κ3) is 5.45. The van der Waals surface area contributed by atoms with Crippen molar-refractivity contribution in [2.24, 2.45) is 0 Å². The molecule has 0 unspecified atom stereocenters. The van der Waals surface area contributed by atoms with Crippen LogP contribution in [0.3, 0.4) is 0 Å². The molecular formula is C37H23N5. The minimum atomic E-state index is 0.438. The van der Waals surface area contributed by atoms with Crippen LogP contribution in [-0.2, 0) is 0 Å². The Labute approximate surface area is 244 Å². The van der Waals surface area contributed by atoms with Crippen LogP contribution in [0.4, 0.5) is 0 Å². The molecule has 1 heterocycles. The van der Waals surface area contributed by atoms with Gasteiger partial charge in [0.15, 0.2) is 17.5 Å². The minimum absolute atomic E-state index is 0.438. The number of benzene rings is 5. The molecule has 6 aromatic rings. The summed E-state index contributed by atoms with van der Waals surface area (Å²) < 4.78 is 0. The molecule has 0 aliphatic carbocycles. The van der Waals surface area contributed by atoms with Crippen molar-refractivity contribution in [1.29, 1.82) is 10.5 Å². The second-order valence-electron chi connectivity index (χ2n) is 9.69. The predicted molar refractivity (Wildman–Crippen MR) is 166 cm³/mol. The number of hydrogen-bond donors (Lipinski definition) is 0. The van der Waals surface area contributed by atoms with Gasteiger partial charge in [0.05, 0.1) is 23.3 Å². The first-order chi connectivity index (χ1) is 20.6. The normalized spacial score (nSPS) is 10.4. The first kappa shape index (κ1) is 26.1. The van der Waals surface area contributed by atoms with Gasteiger partial charge in [0, 0.05) is 16.7 Å². The van der Waals surface area contributed by atoms with Crippen LogP contribution in [0.15, 0.2) is 134 Å². The molecule has 0 aliphatic rings. The van der Waals surface area contributed by atoms with Gasteiger partial charge in [-0.15, -0.1) is 0 Å². The van der Waals surface area contributed by atoms with E-state index in [0.29, 0.717) is 34.2 Å². The van der Waals surface area contributed by atoms with Crippen molar-refractivity contribution in [3.63, 3.8) is 0 Å². The van der Waals surface area contributed by atoms with Gasteiger partial charge >= 0.3 is 0 Å². The molecule has 0 saturated heterocycles. The van der Waals surface area contributed by atoms with Crippen LogP contribution in [0.25, 0.3) is 50.6 Å². The van der Waals surface area contributed by atoms with Crippen molar-refractivity contribution in [3.8, 4) is 57.2 Å². The first-order valence-corrected chi connectivity index (χ1v) is 13.3. The summed E-state index contributed by atoms with van der Waals surface area (Å²) in [7, 11) is 0. The highest BCUT2D eigenvalue weighted by molar-refractivity contribution is 5.84. The largest absolute Gasteiger partial charge is 0.208 e. The Bertz CT molecular complexity index is 1850. The monoisotopic (exact) mass is 537 g/mol. The van der Waals surface area contributed by atoms with Crippen molar-refractivity contribution in [2.45, 2.75) is 0 Å². The van der Waals surface area contributed by atoms with Crippen LogP contribution in [-0.4, -0.2) is 15.0 Å². The standard InChI is InChI=1S/C37H23N5/c1-25(32-20-33(28-8-4-2-5-9-28)22-34(21-32)29-10-6-3-7-11-29)35-40-36(30-16-12-26(23-38)13-17-30)42-37(41-35)31-18-14-27(24-39)15-19-31/h2-22H,1H2. The third-order valence-electron chi connectivity index (χ3n) is 6.95. The maximum absolute atomic E-state index is 9.26. The summed E-state index contributed by atoms with van der Waals surface area (Å²) in [4.78, 5) is 14.4. The van der Waals surface area contributed by atoms with Gasteiger partial charge in [-0.25, -0.2) is 15.0 Å². The second kappa shape index (κ2) is 11.5. The van der Waals surface area contributed by atoms with Gasteiger partial charge in [0.1, 0.15) is 0 Å². The fraction of sp³-hybridized carbons (Fsp3) is 0. The lowest BCUT2D eigenvalue weighted by atomic mass is 9.93. The smallest absolute Gasteiger partial charge is 0.164 e. The van der Waals surface area contributed by atoms with Crippen molar-refractivity contribution in [2.75, 3.05) is 0 Å². The number of nitrogens with zero attached hydrogens (tertiary/aromatic N) is 5. The fourth-order valence-corrected chi connectivity index (χ4v) is 4.68. The quantitative estimate of drug-likeness (QED) is 0.213. The molecule has 0 bridgehead atoms. The van der Waals surface area contributed by atoms with E-state index in [0.717, 1.165) is 38.9 Å². The molecule has 196 valence electrons. The summed E-state index contributed by atoms with van der Waals surface area (Å²) in [5.74, 6) is 1.37. The zero-order valence-corrected chi connectivity index (χ0v) is 22.6. The van der Waals surface area contributed by atoms with Gasteiger partial charge in [-0.3, -0.25) is 0 Å². The fourth-order valence-electron chi connectivity index (χ4n) is 4.68. The molecule has 0 aliphatic heterocycles. The Morgan fingerprint density at radius 2 is 0.905 bits per heavy atom. The maximum atomic E-state index is 9.26. The van der Waals surface area contributed by atoms with Crippen LogP contribution in [0, 0.1) is 22.7 Å². The molecule has 5 heteroatoms. The molecular weight excluding hydrogens is 514 g/mol. The summed E-state index contributed by atoms with van der Waals surface area (Å²) in [5, 5.41) is 18.5. The van der Waals surface area contributed by atoms with E-state index in [9.17, 15) is 10.5 Å². The zero-order valence-electron chi connectivity index (χ0n) is 22.6. The summed E-state index contributed by atoms with van der Waals surface area (Å²) in [6.07, 6.45) is 0. The molecule has 5 nitrogen and oxygen atoms in total. The summed E-state index contributed by atoms with van der Waals surface area (Å²) >= 11 is 0. The van der Waals surface area contributed by atoms with E-state index in [4.69, 9.17) is 15.0 Å². The van der Waals surface area contributed by atoms with Crippen LogP contribution in [0.5, 0.6) is 0 Å². The van der Waals surface area contributed by atoms with Gasteiger partial charge in [-0.1, -0.05) is 67.2 Å². The predicted octanol–water partition coefficient (Wildman–Crippen LogP) is 8.34. The van der Waals surface area contributed by atoms with Gasteiger partial charge in [0.25, 0.3) is 0 Å². The van der Waals surface area contributed by atoms with Gasteiger partial charge in [-0.2, -0.15) is 10.5 Å². The van der Waals surface area contributed by atoms with Gasteiger partial charge in [-0.05, 0) is 94.5 Å². The lowest BCUT2D eigenvalue weighted by Gasteiger charge is -2.14. The Morgan fingerprint density at radius 1 is 0.476 bits per heavy atom. The lowest BCUT2D eigenvalue weighted by molar-refractivity contribution is 1.04. The molecule has 5 aromatic carbocycles. The summed E-state index contributed by atoms with van der Waals surface area (Å²) in [5.41, 5.74) is 8.45. The van der Waals surface area contributed by atoms with E-state index in [1.807, 2.05) is 60.7 Å². The number of rotatable bonds is 6. The van der Waals surface area contributed by atoms with Crippen molar-refractivity contribution >= 4 is 5.57 Å². The Morgan fingerprint density at radius 3 is 1.31 bits per heavy atom. The molecule has 42 heavy (non-hydrogen) atoms. The van der Waals surface area contributed by atoms with E-state index in [-0.39, 0.29) is 0 Å². The van der Waals surface area contributed by atoms with Crippen LogP contribution >= 0.6 is 0 Å². The lowest BCUT2D eigenvalue weighted by Crippen LogP contribution is -2.03. The highest BCUT2D eigenvalue weighted by Crippen LogP contribution is 2.33. The van der Waals surface area contributed by atoms with Gasteiger partial charge < -0.3 is 0 Å². The topological polar surface area (TPSA) is 86.2 Å². The molecule has 0 radical (unpaired) electrons.